The molecule has 1 aliphatic heterocycles. The number of nitrogens with zero attached hydrogens (tertiary/aromatic N) is 3. The van der Waals surface area contributed by atoms with Gasteiger partial charge in [0.15, 0.2) is 0 Å². The third-order valence-corrected chi connectivity index (χ3v) is 3.74. The van der Waals surface area contributed by atoms with E-state index in [1.165, 1.54) is 12.8 Å². The highest BCUT2D eigenvalue weighted by Gasteiger charge is 2.34. The zero-order valence-corrected chi connectivity index (χ0v) is 10.6. The molecular formula is C12H19N5O. The maximum atomic E-state index is 6.01. The highest BCUT2D eigenvalue weighted by Crippen LogP contribution is 2.46. The number of hydrogen-bond acceptors (Lipinski definition) is 6. The van der Waals surface area contributed by atoms with Crippen LogP contribution in [0.5, 0.6) is 0 Å². The van der Waals surface area contributed by atoms with Crippen molar-refractivity contribution in [2.75, 3.05) is 36.6 Å². The maximum absolute atomic E-state index is 6.01. The van der Waals surface area contributed by atoms with Gasteiger partial charge in [-0.05, 0) is 25.2 Å². The summed E-state index contributed by atoms with van der Waals surface area (Å²) in [7, 11) is 1.75. The summed E-state index contributed by atoms with van der Waals surface area (Å²) >= 11 is 0. The van der Waals surface area contributed by atoms with Crippen LogP contribution in [0.3, 0.4) is 0 Å². The summed E-state index contributed by atoms with van der Waals surface area (Å²) in [5.74, 6) is 2.23. The van der Waals surface area contributed by atoms with Crippen LogP contribution in [0.25, 0.3) is 0 Å². The van der Waals surface area contributed by atoms with E-state index in [4.69, 9.17) is 16.2 Å². The minimum atomic E-state index is 0.257. The molecule has 0 spiro atoms. The molecule has 1 aliphatic carbocycles. The van der Waals surface area contributed by atoms with Gasteiger partial charge in [0.05, 0.1) is 6.10 Å². The molecule has 2 aliphatic rings. The monoisotopic (exact) mass is 249 g/mol. The second-order valence-electron chi connectivity index (χ2n) is 5.07. The number of nitrogens with two attached hydrogens (primary N) is 2. The molecule has 2 heterocycles. The Hall–Kier alpha value is -1.56. The van der Waals surface area contributed by atoms with Crippen LogP contribution in [-0.4, -0.2) is 36.3 Å². The predicted octanol–water partition coefficient (Wildman–Crippen LogP) is 0.743. The van der Waals surface area contributed by atoms with Crippen LogP contribution in [0, 0.1) is 0 Å². The molecule has 3 rings (SSSR count). The van der Waals surface area contributed by atoms with E-state index in [1.807, 2.05) is 0 Å². The van der Waals surface area contributed by atoms with Gasteiger partial charge in [-0.15, -0.1) is 0 Å². The predicted molar refractivity (Wildman–Crippen MR) is 70.5 cm³/mol. The molecule has 6 nitrogen and oxygen atoms in total. The molecule has 0 bridgehead atoms. The van der Waals surface area contributed by atoms with Gasteiger partial charge >= 0.3 is 0 Å². The van der Waals surface area contributed by atoms with Crippen molar-refractivity contribution in [1.29, 1.82) is 0 Å². The van der Waals surface area contributed by atoms with Gasteiger partial charge in [-0.3, -0.25) is 0 Å². The summed E-state index contributed by atoms with van der Waals surface area (Å²) in [5.41, 5.74) is 12.8. The van der Waals surface area contributed by atoms with Crippen LogP contribution < -0.4 is 16.4 Å². The minimum absolute atomic E-state index is 0.257. The van der Waals surface area contributed by atoms with E-state index < -0.39 is 0 Å². The molecule has 1 saturated carbocycles. The topological polar surface area (TPSA) is 90.3 Å². The second kappa shape index (κ2) is 4.28. The Kier molecular flexibility index (Phi) is 2.74. The Morgan fingerprint density at radius 3 is 2.61 bits per heavy atom. The number of aromatic nitrogens is 2. The number of anilines is 3. The lowest BCUT2D eigenvalue weighted by atomic mass is 10.1. The van der Waals surface area contributed by atoms with Crippen molar-refractivity contribution in [2.45, 2.75) is 31.3 Å². The molecule has 18 heavy (non-hydrogen) atoms. The average Bonchev–Trinajstić information content (AvgIpc) is 3.05. The fourth-order valence-electron chi connectivity index (χ4n) is 2.61. The number of hydrogen-bond donors (Lipinski definition) is 2. The van der Waals surface area contributed by atoms with E-state index >= 15 is 0 Å². The standard InChI is InChI=1S/C12H19N5O/c1-18-8-4-5-17(6-8)11-9(7-2-3-7)10(13)15-12(14)16-11/h7-8H,2-6H2,1H3,(H4,13,14,15,16). The molecule has 1 atom stereocenters. The Balaban J connectivity index is 1.95. The van der Waals surface area contributed by atoms with Crippen LogP contribution in [-0.2, 0) is 4.74 Å². The molecule has 6 heteroatoms. The number of rotatable bonds is 3. The van der Waals surface area contributed by atoms with E-state index in [-0.39, 0.29) is 12.1 Å². The third kappa shape index (κ3) is 1.96. The first-order valence-electron chi connectivity index (χ1n) is 6.39. The highest BCUT2D eigenvalue weighted by atomic mass is 16.5. The highest BCUT2D eigenvalue weighted by molar-refractivity contribution is 5.63. The molecule has 1 aromatic heterocycles. The van der Waals surface area contributed by atoms with Gasteiger partial charge < -0.3 is 21.1 Å². The molecule has 1 aromatic rings. The minimum Gasteiger partial charge on any atom is -0.383 e. The first-order chi connectivity index (χ1) is 8.69. The normalized spacial score (nSPS) is 23.6. The zero-order valence-electron chi connectivity index (χ0n) is 10.6. The third-order valence-electron chi connectivity index (χ3n) is 3.74. The van der Waals surface area contributed by atoms with Gasteiger partial charge in [-0.1, -0.05) is 0 Å². The van der Waals surface area contributed by atoms with Crippen LogP contribution in [0.4, 0.5) is 17.6 Å². The van der Waals surface area contributed by atoms with E-state index in [0.29, 0.717) is 11.7 Å². The lowest BCUT2D eigenvalue weighted by Crippen LogP contribution is -2.25. The first kappa shape index (κ1) is 11.5. The van der Waals surface area contributed by atoms with Crippen molar-refractivity contribution in [1.82, 2.24) is 9.97 Å². The quantitative estimate of drug-likeness (QED) is 0.821. The van der Waals surface area contributed by atoms with Crippen molar-refractivity contribution >= 4 is 17.6 Å². The Bertz CT molecular complexity index is 460. The van der Waals surface area contributed by atoms with Crippen molar-refractivity contribution in [3.63, 3.8) is 0 Å². The maximum Gasteiger partial charge on any atom is 0.223 e. The second-order valence-corrected chi connectivity index (χ2v) is 5.07. The Labute approximate surface area is 106 Å². The summed E-state index contributed by atoms with van der Waals surface area (Å²) in [6.45, 7) is 1.79. The molecule has 98 valence electrons. The molecule has 4 N–H and O–H groups in total. The van der Waals surface area contributed by atoms with Crippen molar-refractivity contribution < 1.29 is 4.74 Å². The van der Waals surface area contributed by atoms with E-state index in [1.54, 1.807) is 7.11 Å². The van der Waals surface area contributed by atoms with Crippen LogP contribution >= 0.6 is 0 Å². The fourth-order valence-corrected chi connectivity index (χ4v) is 2.61. The van der Waals surface area contributed by atoms with Gasteiger partial charge in [-0.2, -0.15) is 9.97 Å². The molecule has 0 aromatic carbocycles. The summed E-state index contributed by atoms with van der Waals surface area (Å²) in [6, 6.07) is 0. The molecular weight excluding hydrogens is 230 g/mol. The van der Waals surface area contributed by atoms with Gasteiger partial charge in [0.2, 0.25) is 5.95 Å². The van der Waals surface area contributed by atoms with Gasteiger partial charge in [0.25, 0.3) is 0 Å². The summed E-state index contributed by atoms with van der Waals surface area (Å²) < 4.78 is 5.39. The zero-order chi connectivity index (χ0) is 12.7. The van der Waals surface area contributed by atoms with E-state index in [9.17, 15) is 0 Å². The SMILES string of the molecule is COC1CCN(c2nc(N)nc(N)c2C2CC2)C1. The molecule has 1 unspecified atom stereocenters. The van der Waals surface area contributed by atoms with E-state index in [0.717, 1.165) is 30.9 Å². The van der Waals surface area contributed by atoms with Crippen molar-refractivity contribution in [2.24, 2.45) is 0 Å². The summed E-state index contributed by atoms with van der Waals surface area (Å²) in [5, 5.41) is 0. The number of nitrogen functional groups attached to an aromatic ring is 2. The molecule has 0 radical (unpaired) electrons. The summed E-state index contributed by atoms with van der Waals surface area (Å²) in [6.07, 6.45) is 3.64. The van der Waals surface area contributed by atoms with Crippen LogP contribution in [0.15, 0.2) is 0 Å². The van der Waals surface area contributed by atoms with Crippen LogP contribution in [0.2, 0.25) is 0 Å². The number of ether oxygens (including phenoxy) is 1. The lowest BCUT2D eigenvalue weighted by Gasteiger charge is -2.21. The van der Waals surface area contributed by atoms with Crippen molar-refractivity contribution in [3.05, 3.63) is 5.56 Å². The van der Waals surface area contributed by atoms with Gasteiger partial charge in [0.1, 0.15) is 11.6 Å². The average molecular weight is 249 g/mol. The van der Waals surface area contributed by atoms with Gasteiger partial charge in [-0.25, -0.2) is 0 Å². The lowest BCUT2D eigenvalue weighted by molar-refractivity contribution is 0.121. The summed E-state index contributed by atoms with van der Waals surface area (Å²) in [4.78, 5) is 10.7. The Morgan fingerprint density at radius 1 is 1.22 bits per heavy atom. The first-order valence-corrected chi connectivity index (χ1v) is 6.39. The molecule has 0 amide bonds. The Morgan fingerprint density at radius 2 is 2.00 bits per heavy atom. The van der Waals surface area contributed by atoms with Crippen LogP contribution in [0.1, 0.15) is 30.7 Å². The van der Waals surface area contributed by atoms with E-state index in [2.05, 4.69) is 14.9 Å². The molecule has 2 fully saturated rings. The van der Waals surface area contributed by atoms with Gasteiger partial charge in [0, 0.05) is 25.8 Å². The van der Waals surface area contributed by atoms with Crippen molar-refractivity contribution in [3.8, 4) is 0 Å². The smallest absolute Gasteiger partial charge is 0.223 e. The largest absolute Gasteiger partial charge is 0.383 e. The fraction of sp³-hybridized carbons (Fsp3) is 0.667. The molecule has 1 saturated heterocycles. The number of methoxy groups -OCH3 is 1.